The number of unbranched alkanes of at least 4 members (excludes halogenated alkanes) is 2. The van der Waals surface area contributed by atoms with Crippen LogP contribution in [0.3, 0.4) is 0 Å². The van der Waals surface area contributed by atoms with Crippen LogP contribution < -0.4 is 15.8 Å². The van der Waals surface area contributed by atoms with Crippen LogP contribution in [0.5, 0.6) is 5.75 Å². The van der Waals surface area contributed by atoms with Gasteiger partial charge >= 0.3 is 0 Å². The highest BCUT2D eigenvalue weighted by Gasteiger charge is 2.10. The SMILES string of the molecule is CCCCCOc1cc(C(=O)NCc2ccco2)ccc1N. The minimum atomic E-state index is -0.185. The third-order valence-electron chi connectivity index (χ3n) is 3.28. The number of nitrogen functional groups attached to an aromatic ring is 1. The summed E-state index contributed by atoms with van der Waals surface area (Å²) in [7, 11) is 0. The Kier molecular flexibility index (Phi) is 5.89. The molecule has 1 heterocycles. The van der Waals surface area contributed by atoms with Gasteiger partial charge in [-0.05, 0) is 36.8 Å². The van der Waals surface area contributed by atoms with Crippen LogP contribution in [0.15, 0.2) is 41.0 Å². The van der Waals surface area contributed by atoms with E-state index in [1.807, 2.05) is 6.07 Å². The van der Waals surface area contributed by atoms with E-state index in [-0.39, 0.29) is 5.91 Å². The summed E-state index contributed by atoms with van der Waals surface area (Å²) in [5.74, 6) is 1.08. The van der Waals surface area contributed by atoms with Crippen molar-refractivity contribution in [2.75, 3.05) is 12.3 Å². The van der Waals surface area contributed by atoms with Gasteiger partial charge in [0.1, 0.15) is 11.5 Å². The minimum Gasteiger partial charge on any atom is -0.491 e. The third kappa shape index (κ3) is 4.55. The van der Waals surface area contributed by atoms with Crippen LogP contribution >= 0.6 is 0 Å². The van der Waals surface area contributed by atoms with Crippen molar-refractivity contribution in [3.05, 3.63) is 47.9 Å². The van der Waals surface area contributed by atoms with Crippen LogP contribution in [-0.4, -0.2) is 12.5 Å². The van der Waals surface area contributed by atoms with Crippen molar-refractivity contribution in [2.45, 2.75) is 32.7 Å². The fraction of sp³-hybridized carbons (Fsp3) is 0.353. The van der Waals surface area contributed by atoms with Gasteiger partial charge in [0.2, 0.25) is 0 Å². The number of nitrogens with one attached hydrogen (secondary N) is 1. The van der Waals surface area contributed by atoms with Gasteiger partial charge in [-0.2, -0.15) is 0 Å². The van der Waals surface area contributed by atoms with Gasteiger partial charge in [-0.1, -0.05) is 19.8 Å². The minimum absolute atomic E-state index is 0.185. The Morgan fingerprint density at radius 1 is 1.32 bits per heavy atom. The predicted molar refractivity (Wildman–Crippen MR) is 85.8 cm³/mol. The molecule has 0 saturated carbocycles. The van der Waals surface area contributed by atoms with E-state index in [0.717, 1.165) is 19.3 Å². The molecule has 0 atom stereocenters. The molecular formula is C17H22N2O3. The molecule has 1 aromatic carbocycles. The zero-order valence-corrected chi connectivity index (χ0v) is 12.8. The fourth-order valence-corrected chi connectivity index (χ4v) is 2.02. The zero-order valence-electron chi connectivity index (χ0n) is 12.8. The number of hydrogen-bond donors (Lipinski definition) is 2. The maximum absolute atomic E-state index is 12.1. The molecule has 0 aliphatic heterocycles. The maximum Gasteiger partial charge on any atom is 0.251 e. The molecule has 0 spiro atoms. The lowest BCUT2D eigenvalue weighted by atomic mass is 10.1. The van der Waals surface area contributed by atoms with Gasteiger partial charge in [0, 0.05) is 5.56 Å². The fourth-order valence-electron chi connectivity index (χ4n) is 2.02. The van der Waals surface area contributed by atoms with Crippen LogP contribution in [-0.2, 0) is 6.54 Å². The van der Waals surface area contributed by atoms with E-state index in [1.165, 1.54) is 0 Å². The molecule has 0 fully saturated rings. The number of amides is 1. The smallest absolute Gasteiger partial charge is 0.251 e. The standard InChI is InChI=1S/C17H22N2O3/c1-2-3-4-9-22-16-11-13(7-8-15(16)18)17(20)19-12-14-6-5-10-21-14/h5-8,10-11H,2-4,9,12,18H2,1H3,(H,19,20). The number of hydrogen-bond acceptors (Lipinski definition) is 4. The molecule has 0 aliphatic carbocycles. The van der Waals surface area contributed by atoms with Crippen molar-refractivity contribution >= 4 is 11.6 Å². The highest BCUT2D eigenvalue weighted by molar-refractivity contribution is 5.95. The Labute approximate surface area is 130 Å². The van der Waals surface area contributed by atoms with E-state index < -0.39 is 0 Å². The van der Waals surface area contributed by atoms with E-state index in [9.17, 15) is 4.79 Å². The van der Waals surface area contributed by atoms with Crippen LogP contribution in [0.4, 0.5) is 5.69 Å². The largest absolute Gasteiger partial charge is 0.491 e. The molecule has 5 heteroatoms. The molecule has 0 unspecified atom stereocenters. The molecule has 0 aliphatic rings. The highest BCUT2D eigenvalue weighted by atomic mass is 16.5. The number of ether oxygens (including phenoxy) is 1. The first-order chi connectivity index (χ1) is 10.7. The van der Waals surface area contributed by atoms with Crippen LogP contribution in [0, 0.1) is 0 Å². The number of carbonyl (C=O) groups is 1. The summed E-state index contributed by atoms with van der Waals surface area (Å²) in [6, 6.07) is 8.65. The van der Waals surface area contributed by atoms with Crippen molar-refractivity contribution < 1.29 is 13.9 Å². The van der Waals surface area contributed by atoms with Crippen LogP contribution in [0.25, 0.3) is 0 Å². The van der Waals surface area contributed by atoms with Gasteiger partial charge in [0.25, 0.3) is 5.91 Å². The van der Waals surface area contributed by atoms with E-state index in [1.54, 1.807) is 30.5 Å². The van der Waals surface area contributed by atoms with E-state index >= 15 is 0 Å². The van der Waals surface area contributed by atoms with E-state index in [0.29, 0.717) is 35.9 Å². The molecule has 22 heavy (non-hydrogen) atoms. The molecule has 5 nitrogen and oxygen atoms in total. The van der Waals surface area contributed by atoms with E-state index in [4.69, 9.17) is 14.9 Å². The average molecular weight is 302 g/mol. The summed E-state index contributed by atoms with van der Waals surface area (Å²) < 4.78 is 10.8. The Bertz CT molecular complexity index is 594. The molecule has 118 valence electrons. The first-order valence-corrected chi connectivity index (χ1v) is 7.53. The number of rotatable bonds is 8. The number of benzene rings is 1. The molecular weight excluding hydrogens is 280 g/mol. The lowest BCUT2D eigenvalue weighted by Crippen LogP contribution is -2.22. The van der Waals surface area contributed by atoms with Crippen molar-refractivity contribution in [2.24, 2.45) is 0 Å². The first kappa shape index (κ1) is 15.9. The Balaban J connectivity index is 1.93. The van der Waals surface area contributed by atoms with Crippen molar-refractivity contribution in [3.8, 4) is 5.75 Å². The Morgan fingerprint density at radius 2 is 2.18 bits per heavy atom. The normalized spacial score (nSPS) is 10.4. The van der Waals surface area contributed by atoms with Crippen molar-refractivity contribution in [3.63, 3.8) is 0 Å². The summed E-state index contributed by atoms with van der Waals surface area (Å²) in [5, 5.41) is 2.80. The Morgan fingerprint density at radius 3 is 2.91 bits per heavy atom. The number of carbonyl (C=O) groups excluding carboxylic acids is 1. The maximum atomic E-state index is 12.1. The van der Waals surface area contributed by atoms with E-state index in [2.05, 4.69) is 12.2 Å². The van der Waals surface area contributed by atoms with Gasteiger partial charge in [0.15, 0.2) is 0 Å². The summed E-state index contributed by atoms with van der Waals surface area (Å²) in [6.07, 6.45) is 4.80. The lowest BCUT2D eigenvalue weighted by Gasteiger charge is -2.10. The molecule has 1 aromatic heterocycles. The zero-order chi connectivity index (χ0) is 15.8. The summed E-state index contributed by atoms with van der Waals surface area (Å²) in [6.45, 7) is 3.09. The van der Waals surface area contributed by atoms with Gasteiger partial charge in [-0.3, -0.25) is 4.79 Å². The monoisotopic (exact) mass is 302 g/mol. The molecule has 0 saturated heterocycles. The van der Waals surface area contributed by atoms with Gasteiger partial charge in [0.05, 0.1) is 25.1 Å². The van der Waals surface area contributed by atoms with Crippen LogP contribution in [0.1, 0.15) is 42.3 Å². The Hall–Kier alpha value is -2.43. The molecule has 3 N–H and O–H groups in total. The summed E-state index contributed by atoms with van der Waals surface area (Å²) in [4.78, 5) is 12.1. The highest BCUT2D eigenvalue weighted by Crippen LogP contribution is 2.23. The third-order valence-corrected chi connectivity index (χ3v) is 3.28. The second kappa shape index (κ2) is 8.12. The predicted octanol–water partition coefficient (Wildman–Crippen LogP) is 3.36. The quantitative estimate of drug-likeness (QED) is 0.579. The lowest BCUT2D eigenvalue weighted by molar-refractivity contribution is 0.0947. The molecule has 2 rings (SSSR count). The number of nitrogens with two attached hydrogens (primary N) is 1. The van der Waals surface area contributed by atoms with Crippen LogP contribution in [0.2, 0.25) is 0 Å². The molecule has 0 radical (unpaired) electrons. The number of furan rings is 1. The van der Waals surface area contributed by atoms with Gasteiger partial charge < -0.3 is 20.2 Å². The van der Waals surface area contributed by atoms with Crippen molar-refractivity contribution in [1.29, 1.82) is 0 Å². The second-order valence-electron chi connectivity index (χ2n) is 5.07. The average Bonchev–Trinajstić information content (AvgIpc) is 3.04. The summed E-state index contributed by atoms with van der Waals surface area (Å²) in [5.41, 5.74) is 6.94. The number of anilines is 1. The molecule has 2 aromatic rings. The van der Waals surface area contributed by atoms with Crippen molar-refractivity contribution in [1.82, 2.24) is 5.32 Å². The summed E-state index contributed by atoms with van der Waals surface area (Å²) >= 11 is 0. The topological polar surface area (TPSA) is 77.5 Å². The van der Waals surface area contributed by atoms with Gasteiger partial charge in [-0.15, -0.1) is 0 Å². The second-order valence-corrected chi connectivity index (χ2v) is 5.07. The molecule has 0 bridgehead atoms. The molecule has 1 amide bonds. The van der Waals surface area contributed by atoms with Gasteiger partial charge in [-0.25, -0.2) is 0 Å². The first-order valence-electron chi connectivity index (χ1n) is 7.53.